The van der Waals surface area contributed by atoms with Crippen LogP contribution in [0, 0.1) is 0 Å². The summed E-state index contributed by atoms with van der Waals surface area (Å²) in [6.45, 7) is 4.18. The molecule has 0 unspecified atom stereocenters. The van der Waals surface area contributed by atoms with Crippen LogP contribution in [0.5, 0.6) is 0 Å². The van der Waals surface area contributed by atoms with Crippen LogP contribution >= 0.6 is 11.6 Å². The van der Waals surface area contributed by atoms with Crippen LogP contribution in [0.1, 0.15) is 25.8 Å². The summed E-state index contributed by atoms with van der Waals surface area (Å²) < 4.78 is 4.95. The smallest absolute Gasteiger partial charge is 0.315 e. The van der Waals surface area contributed by atoms with Crippen molar-refractivity contribution in [3.8, 4) is 0 Å². The Morgan fingerprint density at radius 3 is 2.70 bits per heavy atom. The lowest BCUT2D eigenvalue weighted by Gasteiger charge is -2.09. The second kappa shape index (κ2) is 8.43. The molecule has 0 bridgehead atoms. The van der Waals surface area contributed by atoms with Gasteiger partial charge in [0, 0.05) is 18.1 Å². The second-order valence-corrected chi connectivity index (χ2v) is 4.96. The minimum absolute atomic E-state index is 0.140. The van der Waals surface area contributed by atoms with Crippen molar-refractivity contribution < 1.29 is 14.3 Å². The summed E-state index contributed by atoms with van der Waals surface area (Å²) in [6, 6.07) is 6.90. The van der Waals surface area contributed by atoms with Crippen LogP contribution in [0.3, 0.4) is 0 Å². The highest BCUT2D eigenvalue weighted by Gasteiger charge is 2.06. The summed E-state index contributed by atoms with van der Waals surface area (Å²) in [4.78, 5) is 22.7. The van der Waals surface area contributed by atoms with Crippen molar-refractivity contribution in [3.63, 3.8) is 0 Å². The fourth-order valence-corrected chi connectivity index (χ4v) is 1.70. The van der Waals surface area contributed by atoms with Crippen molar-refractivity contribution in [1.29, 1.82) is 0 Å². The third-order valence-corrected chi connectivity index (χ3v) is 2.56. The van der Waals surface area contributed by atoms with E-state index in [-0.39, 0.29) is 31.1 Å². The summed E-state index contributed by atoms with van der Waals surface area (Å²) in [5, 5.41) is 5.89. The molecule has 1 rings (SSSR count). The Balaban J connectivity index is 2.19. The van der Waals surface area contributed by atoms with Crippen LogP contribution in [0.25, 0.3) is 0 Å². The van der Waals surface area contributed by atoms with Gasteiger partial charge in [0.1, 0.15) is 0 Å². The molecule has 0 atom stereocenters. The number of benzene rings is 1. The van der Waals surface area contributed by atoms with E-state index in [0.717, 1.165) is 5.56 Å². The maximum Gasteiger partial charge on any atom is 0.315 e. The van der Waals surface area contributed by atoms with E-state index in [9.17, 15) is 9.59 Å². The Morgan fingerprint density at radius 2 is 2.05 bits per heavy atom. The molecule has 2 amide bonds. The Labute approximate surface area is 123 Å². The van der Waals surface area contributed by atoms with Gasteiger partial charge in [0.15, 0.2) is 0 Å². The molecule has 0 aromatic heterocycles. The molecular weight excluding hydrogens is 280 g/mol. The third kappa shape index (κ3) is 6.99. The number of esters is 1. The molecule has 0 radical (unpaired) electrons. The number of hydrogen-bond acceptors (Lipinski definition) is 3. The zero-order chi connectivity index (χ0) is 15.0. The SMILES string of the molecule is CC(C)OC(=O)CCNC(=O)NCc1cccc(Cl)c1. The van der Waals surface area contributed by atoms with E-state index in [1.54, 1.807) is 26.0 Å². The van der Waals surface area contributed by atoms with Crippen LogP contribution < -0.4 is 10.6 Å². The fraction of sp³-hybridized carbons (Fsp3) is 0.429. The average molecular weight is 299 g/mol. The Kier molecular flexibility index (Phi) is 6.87. The highest BCUT2D eigenvalue weighted by atomic mass is 35.5. The summed E-state index contributed by atoms with van der Waals surface area (Å²) in [6.07, 6.45) is 0.0159. The van der Waals surface area contributed by atoms with Crippen LogP contribution in [0.4, 0.5) is 4.79 Å². The van der Waals surface area contributed by atoms with Gasteiger partial charge in [-0.05, 0) is 31.5 Å². The molecule has 1 aromatic carbocycles. The van der Waals surface area contributed by atoms with Gasteiger partial charge in [-0.3, -0.25) is 4.79 Å². The van der Waals surface area contributed by atoms with Gasteiger partial charge in [0.05, 0.1) is 12.5 Å². The normalized spacial score (nSPS) is 10.2. The van der Waals surface area contributed by atoms with Crippen LogP contribution in [-0.2, 0) is 16.1 Å². The third-order valence-electron chi connectivity index (χ3n) is 2.32. The molecule has 0 aliphatic rings. The van der Waals surface area contributed by atoms with Gasteiger partial charge in [-0.25, -0.2) is 4.79 Å². The topological polar surface area (TPSA) is 67.4 Å². The Morgan fingerprint density at radius 1 is 1.30 bits per heavy atom. The number of carbonyl (C=O) groups excluding carboxylic acids is 2. The molecule has 0 aliphatic carbocycles. The summed E-state index contributed by atoms with van der Waals surface area (Å²) in [7, 11) is 0. The van der Waals surface area contributed by atoms with Gasteiger partial charge < -0.3 is 15.4 Å². The number of nitrogens with one attached hydrogen (secondary N) is 2. The van der Waals surface area contributed by atoms with Crippen molar-refractivity contribution in [1.82, 2.24) is 10.6 Å². The minimum Gasteiger partial charge on any atom is -0.463 e. The van der Waals surface area contributed by atoms with Crippen molar-refractivity contribution in [2.75, 3.05) is 6.54 Å². The zero-order valence-electron chi connectivity index (χ0n) is 11.6. The first-order chi connectivity index (χ1) is 9.47. The van der Waals surface area contributed by atoms with Crippen molar-refractivity contribution in [2.45, 2.75) is 32.9 Å². The van der Waals surface area contributed by atoms with E-state index in [2.05, 4.69) is 10.6 Å². The molecule has 2 N–H and O–H groups in total. The van der Waals surface area contributed by atoms with E-state index in [4.69, 9.17) is 16.3 Å². The predicted octanol–water partition coefficient (Wildman–Crippen LogP) is 2.48. The number of ether oxygens (including phenoxy) is 1. The molecule has 0 saturated carbocycles. The molecule has 0 spiro atoms. The maximum absolute atomic E-state index is 11.5. The van der Waals surface area contributed by atoms with E-state index < -0.39 is 0 Å². The first kappa shape index (κ1) is 16.3. The Bertz CT molecular complexity index is 463. The largest absolute Gasteiger partial charge is 0.463 e. The molecule has 0 saturated heterocycles. The van der Waals surface area contributed by atoms with Crippen molar-refractivity contribution >= 4 is 23.6 Å². The highest BCUT2D eigenvalue weighted by Crippen LogP contribution is 2.10. The standard InChI is InChI=1S/C14H19ClN2O3/c1-10(2)20-13(18)6-7-16-14(19)17-9-11-4-3-5-12(15)8-11/h3-5,8,10H,6-7,9H2,1-2H3,(H2,16,17,19). The lowest BCUT2D eigenvalue weighted by atomic mass is 10.2. The first-order valence-electron chi connectivity index (χ1n) is 6.43. The summed E-state index contributed by atoms with van der Waals surface area (Å²) in [5.74, 6) is -0.324. The highest BCUT2D eigenvalue weighted by molar-refractivity contribution is 6.30. The van der Waals surface area contributed by atoms with E-state index in [1.807, 2.05) is 12.1 Å². The lowest BCUT2D eigenvalue weighted by molar-refractivity contribution is -0.147. The number of amides is 2. The molecule has 110 valence electrons. The zero-order valence-corrected chi connectivity index (χ0v) is 12.4. The van der Waals surface area contributed by atoms with Crippen LogP contribution in [-0.4, -0.2) is 24.6 Å². The first-order valence-corrected chi connectivity index (χ1v) is 6.81. The molecule has 20 heavy (non-hydrogen) atoms. The van der Waals surface area contributed by atoms with E-state index >= 15 is 0 Å². The number of carbonyl (C=O) groups is 2. The van der Waals surface area contributed by atoms with E-state index in [1.165, 1.54) is 0 Å². The quantitative estimate of drug-likeness (QED) is 0.793. The van der Waals surface area contributed by atoms with Gasteiger partial charge in [0.25, 0.3) is 0 Å². The van der Waals surface area contributed by atoms with Gasteiger partial charge in [-0.15, -0.1) is 0 Å². The number of urea groups is 1. The molecule has 0 fully saturated rings. The van der Waals surface area contributed by atoms with Gasteiger partial charge in [-0.1, -0.05) is 23.7 Å². The number of rotatable bonds is 6. The minimum atomic E-state index is -0.331. The number of halogens is 1. The molecule has 0 aliphatic heterocycles. The second-order valence-electron chi connectivity index (χ2n) is 4.53. The molecule has 0 heterocycles. The molecular formula is C14H19ClN2O3. The van der Waals surface area contributed by atoms with Crippen molar-refractivity contribution in [3.05, 3.63) is 34.9 Å². The van der Waals surface area contributed by atoms with Crippen molar-refractivity contribution in [2.24, 2.45) is 0 Å². The van der Waals surface area contributed by atoms with Gasteiger partial charge in [-0.2, -0.15) is 0 Å². The molecule has 1 aromatic rings. The number of hydrogen-bond donors (Lipinski definition) is 2. The predicted molar refractivity (Wildman–Crippen MR) is 77.5 cm³/mol. The maximum atomic E-state index is 11.5. The molecule has 5 nitrogen and oxygen atoms in total. The monoisotopic (exact) mass is 298 g/mol. The van der Waals surface area contributed by atoms with Crippen LogP contribution in [0.2, 0.25) is 5.02 Å². The van der Waals surface area contributed by atoms with E-state index in [0.29, 0.717) is 11.6 Å². The lowest BCUT2D eigenvalue weighted by Crippen LogP contribution is -2.36. The van der Waals surface area contributed by atoms with Gasteiger partial charge in [0.2, 0.25) is 0 Å². The van der Waals surface area contributed by atoms with Gasteiger partial charge >= 0.3 is 12.0 Å². The average Bonchev–Trinajstić information content (AvgIpc) is 2.35. The van der Waals surface area contributed by atoms with Crippen LogP contribution in [0.15, 0.2) is 24.3 Å². The fourth-order valence-electron chi connectivity index (χ4n) is 1.49. The Hall–Kier alpha value is -1.75. The molecule has 6 heteroatoms. The summed E-state index contributed by atoms with van der Waals surface area (Å²) in [5.41, 5.74) is 0.909. The summed E-state index contributed by atoms with van der Waals surface area (Å²) >= 11 is 5.84.